The number of carbonyl (C=O) groups is 1. The molecule has 2 atom stereocenters. The second-order valence-corrected chi connectivity index (χ2v) is 11.9. The molecule has 3 aromatic carbocycles. The molecule has 1 heterocycles. The van der Waals surface area contributed by atoms with Crippen molar-refractivity contribution in [3.63, 3.8) is 0 Å². The molecule has 10 heteroatoms. The van der Waals surface area contributed by atoms with Crippen molar-refractivity contribution >= 4 is 55.3 Å². The lowest BCUT2D eigenvalue weighted by molar-refractivity contribution is -0.147. The summed E-state index contributed by atoms with van der Waals surface area (Å²) in [6.45, 7) is 1.38. The van der Waals surface area contributed by atoms with Crippen LogP contribution >= 0.6 is 22.6 Å². The van der Waals surface area contributed by atoms with E-state index in [1.807, 2.05) is 42.5 Å². The van der Waals surface area contributed by atoms with E-state index in [1.54, 1.807) is 17.0 Å². The van der Waals surface area contributed by atoms with Crippen LogP contribution < -0.4 is 10.5 Å². The normalized spacial score (nSPS) is 17.0. The van der Waals surface area contributed by atoms with Gasteiger partial charge >= 0.3 is 5.97 Å². The molecular weight excluding hydrogens is 591 g/mol. The number of hydrogen-bond donors (Lipinski definition) is 3. The van der Waals surface area contributed by atoms with Gasteiger partial charge in [0.1, 0.15) is 6.04 Å². The molecule has 1 aliphatic heterocycles. The van der Waals surface area contributed by atoms with Gasteiger partial charge in [-0.25, -0.2) is 8.42 Å². The molecule has 0 aromatic heterocycles. The summed E-state index contributed by atoms with van der Waals surface area (Å²) >= 11 is 2.11. The average molecular weight is 621 g/mol. The van der Waals surface area contributed by atoms with Crippen LogP contribution in [-0.2, 0) is 26.0 Å². The number of rotatable bonds is 8. The number of sulfonamides is 1. The summed E-state index contributed by atoms with van der Waals surface area (Å²) in [6, 6.07) is 19.0. The molecule has 0 bridgehead atoms. The van der Waals surface area contributed by atoms with Crippen LogP contribution in [0, 0.1) is 14.9 Å². The molecule has 0 aliphatic carbocycles. The van der Waals surface area contributed by atoms with Crippen molar-refractivity contribution in [2.24, 2.45) is 11.7 Å². The van der Waals surface area contributed by atoms with Crippen molar-refractivity contribution in [3.8, 4) is 0 Å². The number of ether oxygens (including phenoxy) is 1. The molecule has 1 fully saturated rings. The highest BCUT2D eigenvalue weighted by Gasteiger charge is 2.29. The molecule has 0 saturated carbocycles. The summed E-state index contributed by atoms with van der Waals surface area (Å²) in [4.78, 5) is 15.0. The van der Waals surface area contributed by atoms with Gasteiger partial charge in [-0.05, 0) is 82.5 Å². The zero-order valence-electron chi connectivity index (χ0n) is 19.7. The maximum atomic E-state index is 13.2. The second-order valence-electron chi connectivity index (χ2n) is 8.98. The lowest BCUT2D eigenvalue weighted by Crippen LogP contribution is -2.46. The van der Waals surface area contributed by atoms with E-state index in [4.69, 9.17) is 15.9 Å². The number of guanidine groups is 1. The van der Waals surface area contributed by atoms with E-state index in [9.17, 15) is 13.2 Å². The van der Waals surface area contributed by atoms with Gasteiger partial charge in [-0.1, -0.05) is 42.5 Å². The molecule has 4 rings (SSSR count). The Balaban J connectivity index is 1.52. The predicted molar refractivity (Wildman–Crippen MR) is 148 cm³/mol. The fourth-order valence-corrected chi connectivity index (χ4v) is 5.91. The monoisotopic (exact) mass is 620 g/mol. The van der Waals surface area contributed by atoms with E-state index in [0.29, 0.717) is 13.1 Å². The predicted octanol–water partition coefficient (Wildman–Crippen LogP) is 3.48. The van der Waals surface area contributed by atoms with E-state index in [-0.39, 0.29) is 29.8 Å². The SMILES string of the molecule is N=C(N)N1CCC[C@@H](COC(=O)[C@@H](Cc2ccc3ccccc3c2)NS(=O)(=O)c2ccc(I)cc2)C1. The molecule has 8 nitrogen and oxygen atoms in total. The third-order valence-electron chi connectivity index (χ3n) is 6.28. The lowest BCUT2D eigenvalue weighted by Gasteiger charge is -2.32. The lowest BCUT2D eigenvalue weighted by atomic mass is 9.99. The zero-order valence-corrected chi connectivity index (χ0v) is 22.7. The Labute approximate surface area is 224 Å². The molecular formula is C26H29IN4O4S. The van der Waals surface area contributed by atoms with Gasteiger partial charge in [-0.2, -0.15) is 4.72 Å². The van der Waals surface area contributed by atoms with E-state index < -0.39 is 22.0 Å². The molecule has 0 amide bonds. The number of nitrogens with one attached hydrogen (secondary N) is 2. The van der Waals surface area contributed by atoms with Crippen LogP contribution in [0.1, 0.15) is 18.4 Å². The van der Waals surface area contributed by atoms with Crippen molar-refractivity contribution in [3.05, 3.63) is 75.9 Å². The van der Waals surface area contributed by atoms with Crippen molar-refractivity contribution in [2.45, 2.75) is 30.2 Å². The summed E-state index contributed by atoms with van der Waals surface area (Å²) < 4.78 is 35.3. The Hall–Kier alpha value is -2.70. The minimum Gasteiger partial charge on any atom is -0.464 e. The van der Waals surface area contributed by atoms with Crippen LogP contribution in [-0.4, -0.2) is 51.0 Å². The number of carbonyl (C=O) groups excluding carboxylic acids is 1. The number of piperidine rings is 1. The van der Waals surface area contributed by atoms with Gasteiger partial charge in [-0.15, -0.1) is 0 Å². The van der Waals surface area contributed by atoms with Crippen molar-refractivity contribution in [1.29, 1.82) is 5.41 Å². The Morgan fingerprint density at radius 3 is 2.58 bits per heavy atom. The highest BCUT2D eigenvalue weighted by atomic mass is 127. The van der Waals surface area contributed by atoms with Crippen LogP contribution in [0.5, 0.6) is 0 Å². The smallest absolute Gasteiger partial charge is 0.324 e. The van der Waals surface area contributed by atoms with Gasteiger partial charge in [0.15, 0.2) is 5.96 Å². The van der Waals surface area contributed by atoms with Gasteiger partial charge in [-0.3, -0.25) is 10.2 Å². The first-order valence-corrected chi connectivity index (χ1v) is 14.3. The molecule has 1 saturated heterocycles. The first-order chi connectivity index (χ1) is 17.2. The van der Waals surface area contributed by atoms with Crippen molar-refractivity contribution in [2.75, 3.05) is 19.7 Å². The number of nitrogens with two attached hydrogens (primary N) is 1. The maximum absolute atomic E-state index is 13.2. The van der Waals surface area contributed by atoms with Gasteiger partial charge in [0.05, 0.1) is 11.5 Å². The van der Waals surface area contributed by atoms with Crippen LogP contribution in [0.15, 0.2) is 71.6 Å². The van der Waals surface area contributed by atoms with E-state index in [2.05, 4.69) is 27.3 Å². The number of halogens is 1. The van der Waals surface area contributed by atoms with E-state index in [0.717, 1.165) is 32.7 Å². The number of nitrogens with zero attached hydrogens (tertiary/aromatic N) is 1. The fourth-order valence-electron chi connectivity index (χ4n) is 4.36. The van der Waals surface area contributed by atoms with E-state index >= 15 is 0 Å². The number of hydrogen-bond acceptors (Lipinski definition) is 5. The van der Waals surface area contributed by atoms with E-state index in [1.165, 1.54) is 12.1 Å². The average Bonchev–Trinajstić information content (AvgIpc) is 2.87. The third kappa shape index (κ3) is 6.74. The minimum absolute atomic E-state index is 0.00508. The zero-order chi connectivity index (χ0) is 25.7. The summed E-state index contributed by atoms with van der Waals surface area (Å²) in [7, 11) is -3.95. The topological polar surface area (TPSA) is 126 Å². The minimum atomic E-state index is -3.95. The van der Waals surface area contributed by atoms with Crippen LogP contribution in [0.3, 0.4) is 0 Å². The Bertz CT molecular complexity index is 1350. The Kier molecular flexibility index (Phi) is 8.47. The van der Waals surface area contributed by atoms with Gasteiger partial charge in [0, 0.05) is 22.6 Å². The van der Waals surface area contributed by atoms with Gasteiger partial charge in [0.2, 0.25) is 10.0 Å². The Morgan fingerprint density at radius 1 is 1.14 bits per heavy atom. The fraction of sp³-hybridized carbons (Fsp3) is 0.308. The highest BCUT2D eigenvalue weighted by Crippen LogP contribution is 2.20. The molecule has 0 unspecified atom stereocenters. The summed E-state index contributed by atoms with van der Waals surface area (Å²) in [5.74, 6) is -0.594. The standard InChI is InChI=1S/C26H29IN4O4S/c27-22-9-11-23(12-10-22)36(33,34)30-24(15-18-7-8-20-5-1-2-6-21(20)14-18)25(32)35-17-19-4-3-13-31(16-19)26(28)29/h1-2,5-12,14,19,24,30H,3-4,13,15-17H2,(H3,28,29)/t19-,24-/m1/s1. The first kappa shape index (κ1) is 26.4. The number of likely N-dealkylation sites (tertiary alicyclic amines) is 1. The molecule has 4 N–H and O–H groups in total. The first-order valence-electron chi connectivity index (χ1n) is 11.7. The van der Waals surface area contributed by atoms with Crippen LogP contribution in [0.25, 0.3) is 10.8 Å². The number of esters is 1. The summed E-state index contributed by atoms with van der Waals surface area (Å²) in [6.07, 6.45) is 1.85. The number of benzene rings is 3. The number of fused-ring (bicyclic) bond motifs is 1. The third-order valence-corrected chi connectivity index (χ3v) is 8.49. The van der Waals surface area contributed by atoms with Gasteiger partial charge < -0.3 is 15.4 Å². The molecule has 0 spiro atoms. The van der Waals surface area contributed by atoms with Crippen molar-refractivity contribution < 1.29 is 17.9 Å². The molecule has 36 heavy (non-hydrogen) atoms. The largest absolute Gasteiger partial charge is 0.464 e. The van der Waals surface area contributed by atoms with Crippen LogP contribution in [0.4, 0.5) is 0 Å². The second kappa shape index (κ2) is 11.6. The van der Waals surface area contributed by atoms with Crippen molar-refractivity contribution in [1.82, 2.24) is 9.62 Å². The molecule has 3 aromatic rings. The van der Waals surface area contributed by atoms with Gasteiger partial charge in [0.25, 0.3) is 0 Å². The van der Waals surface area contributed by atoms with Crippen LogP contribution in [0.2, 0.25) is 0 Å². The Morgan fingerprint density at radius 2 is 1.86 bits per heavy atom. The quantitative estimate of drug-likeness (QED) is 0.153. The summed E-state index contributed by atoms with van der Waals surface area (Å²) in [5, 5.41) is 9.73. The molecule has 190 valence electrons. The maximum Gasteiger partial charge on any atom is 0.324 e. The molecule has 0 radical (unpaired) electrons. The molecule has 1 aliphatic rings. The summed E-state index contributed by atoms with van der Waals surface area (Å²) in [5.41, 5.74) is 6.44. The highest BCUT2D eigenvalue weighted by molar-refractivity contribution is 14.1.